The molecular weight excluding hydrogens is 248 g/mol. The van der Waals surface area contributed by atoms with Crippen LogP contribution in [0.2, 0.25) is 0 Å². The summed E-state index contributed by atoms with van der Waals surface area (Å²) >= 11 is 0. The Kier molecular flexibility index (Phi) is 4.53. The molecule has 0 heterocycles. The fourth-order valence-corrected chi connectivity index (χ4v) is 2.32. The van der Waals surface area contributed by atoms with Crippen molar-refractivity contribution in [3.63, 3.8) is 0 Å². The first-order valence-corrected chi connectivity index (χ1v) is 6.81. The van der Waals surface area contributed by atoms with Crippen molar-refractivity contribution in [1.29, 1.82) is 0 Å². The Labute approximate surface area is 119 Å². The van der Waals surface area contributed by atoms with Crippen molar-refractivity contribution in [3.05, 3.63) is 59.7 Å². The molecule has 2 aromatic carbocycles. The van der Waals surface area contributed by atoms with E-state index in [0.717, 1.165) is 23.1 Å². The number of nitrogen functional groups attached to an aromatic ring is 1. The van der Waals surface area contributed by atoms with Gasteiger partial charge in [-0.25, -0.2) is 5.84 Å². The number of benzene rings is 2. The van der Waals surface area contributed by atoms with Crippen molar-refractivity contribution >= 4 is 5.91 Å². The zero-order valence-electron chi connectivity index (χ0n) is 11.9. The highest BCUT2D eigenvalue weighted by molar-refractivity contribution is 6.00. The highest BCUT2D eigenvalue weighted by atomic mass is 16.2. The smallest absolute Gasteiger partial charge is 0.265 e. The van der Waals surface area contributed by atoms with E-state index in [1.54, 1.807) is 0 Å². The summed E-state index contributed by atoms with van der Waals surface area (Å²) in [6.07, 6.45) is 0.944. The number of amides is 1. The maximum Gasteiger partial charge on any atom is 0.265 e. The Morgan fingerprint density at radius 1 is 1.15 bits per heavy atom. The van der Waals surface area contributed by atoms with Crippen molar-refractivity contribution in [2.45, 2.75) is 20.3 Å². The topological polar surface area (TPSA) is 55.1 Å². The van der Waals surface area contributed by atoms with Gasteiger partial charge >= 0.3 is 0 Å². The summed E-state index contributed by atoms with van der Waals surface area (Å²) in [6.45, 7) is 4.32. The van der Waals surface area contributed by atoms with E-state index < -0.39 is 0 Å². The summed E-state index contributed by atoms with van der Waals surface area (Å²) in [5, 5.41) is 0. The van der Waals surface area contributed by atoms with Crippen LogP contribution in [0.4, 0.5) is 0 Å². The van der Waals surface area contributed by atoms with E-state index >= 15 is 0 Å². The van der Waals surface area contributed by atoms with Crippen LogP contribution in [0.3, 0.4) is 0 Å². The Morgan fingerprint density at radius 3 is 2.45 bits per heavy atom. The third kappa shape index (κ3) is 3.25. The van der Waals surface area contributed by atoms with E-state index in [-0.39, 0.29) is 5.91 Å². The second-order valence-electron chi connectivity index (χ2n) is 5.32. The predicted molar refractivity (Wildman–Crippen MR) is 82.1 cm³/mol. The Balaban J connectivity index is 2.49. The SMILES string of the molecule is CC(C)Cc1ccc(-c2ccccc2)c(C(=O)NN)c1. The van der Waals surface area contributed by atoms with Gasteiger partial charge in [-0.15, -0.1) is 0 Å². The van der Waals surface area contributed by atoms with Gasteiger partial charge in [0.15, 0.2) is 0 Å². The van der Waals surface area contributed by atoms with Gasteiger partial charge in [-0.3, -0.25) is 10.2 Å². The maximum absolute atomic E-state index is 12.0. The maximum atomic E-state index is 12.0. The molecule has 0 aliphatic rings. The van der Waals surface area contributed by atoms with E-state index in [0.29, 0.717) is 11.5 Å². The Hall–Kier alpha value is -2.13. The highest BCUT2D eigenvalue weighted by Crippen LogP contribution is 2.25. The monoisotopic (exact) mass is 268 g/mol. The molecule has 2 rings (SSSR count). The van der Waals surface area contributed by atoms with Crippen molar-refractivity contribution in [3.8, 4) is 11.1 Å². The van der Waals surface area contributed by atoms with Gasteiger partial charge in [0.1, 0.15) is 0 Å². The van der Waals surface area contributed by atoms with Gasteiger partial charge in [0.05, 0.1) is 0 Å². The van der Waals surface area contributed by atoms with Gasteiger partial charge in [-0.2, -0.15) is 0 Å². The van der Waals surface area contributed by atoms with Crippen LogP contribution >= 0.6 is 0 Å². The summed E-state index contributed by atoms with van der Waals surface area (Å²) < 4.78 is 0. The number of carbonyl (C=O) groups is 1. The van der Waals surface area contributed by atoms with E-state index in [4.69, 9.17) is 5.84 Å². The molecular formula is C17H20N2O. The molecule has 0 spiro atoms. The Bertz CT molecular complexity index is 591. The van der Waals surface area contributed by atoms with Crippen LogP contribution in [0.15, 0.2) is 48.5 Å². The van der Waals surface area contributed by atoms with Gasteiger partial charge in [0, 0.05) is 5.56 Å². The van der Waals surface area contributed by atoms with Crippen molar-refractivity contribution in [1.82, 2.24) is 5.43 Å². The number of hydrogen-bond acceptors (Lipinski definition) is 2. The molecule has 0 saturated carbocycles. The minimum absolute atomic E-state index is 0.255. The van der Waals surface area contributed by atoms with Gasteiger partial charge in [-0.1, -0.05) is 56.3 Å². The molecule has 3 nitrogen and oxygen atoms in total. The molecule has 0 atom stereocenters. The number of rotatable bonds is 4. The fourth-order valence-electron chi connectivity index (χ4n) is 2.32. The third-order valence-electron chi connectivity index (χ3n) is 3.19. The molecule has 1 amide bonds. The first kappa shape index (κ1) is 14.3. The Morgan fingerprint density at radius 2 is 1.85 bits per heavy atom. The average Bonchev–Trinajstić information content (AvgIpc) is 2.46. The minimum atomic E-state index is -0.255. The van der Waals surface area contributed by atoms with Crippen LogP contribution in [-0.2, 0) is 6.42 Å². The first-order chi connectivity index (χ1) is 9.61. The molecule has 0 bridgehead atoms. The second-order valence-corrected chi connectivity index (χ2v) is 5.32. The van der Waals surface area contributed by atoms with Gasteiger partial charge in [-0.05, 0) is 35.1 Å². The second kappa shape index (κ2) is 6.35. The molecule has 2 aromatic rings. The van der Waals surface area contributed by atoms with Crippen molar-refractivity contribution < 1.29 is 4.79 Å². The molecule has 0 fully saturated rings. The van der Waals surface area contributed by atoms with Gasteiger partial charge in [0.25, 0.3) is 5.91 Å². The summed E-state index contributed by atoms with van der Waals surface area (Å²) in [6, 6.07) is 15.9. The van der Waals surface area contributed by atoms with E-state index in [1.165, 1.54) is 0 Å². The van der Waals surface area contributed by atoms with Crippen LogP contribution in [0.5, 0.6) is 0 Å². The predicted octanol–water partition coefficient (Wildman–Crippen LogP) is 3.16. The van der Waals surface area contributed by atoms with Crippen LogP contribution in [0.25, 0.3) is 11.1 Å². The lowest BCUT2D eigenvalue weighted by atomic mass is 9.94. The number of hydrazine groups is 1. The fraction of sp³-hybridized carbons (Fsp3) is 0.235. The molecule has 0 aromatic heterocycles. The largest absolute Gasteiger partial charge is 0.290 e. The molecule has 0 radical (unpaired) electrons. The normalized spacial score (nSPS) is 10.6. The number of hydrogen-bond donors (Lipinski definition) is 2. The highest BCUT2D eigenvalue weighted by Gasteiger charge is 2.13. The standard InChI is InChI=1S/C17H20N2O/c1-12(2)10-13-8-9-15(14-6-4-3-5-7-14)16(11-13)17(20)19-18/h3-9,11-12H,10,18H2,1-2H3,(H,19,20). The quantitative estimate of drug-likeness (QED) is 0.508. The summed E-state index contributed by atoms with van der Waals surface area (Å²) in [4.78, 5) is 12.0. The summed E-state index contributed by atoms with van der Waals surface area (Å²) in [5.74, 6) is 5.60. The molecule has 3 N–H and O–H groups in total. The zero-order valence-corrected chi connectivity index (χ0v) is 11.9. The number of carbonyl (C=O) groups excluding carboxylic acids is 1. The van der Waals surface area contributed by atoms with Crippen LogP contribution < -0.4 is 11.3 Å². The van der Waals surface area contributed by atoms with Gasteiger partial charge in [0.2, 0.25) is 0 Å². The van der Waals surface area contributed by atoms with Crippen LogP contribution in [-0.4, -0.2) is 5.91 Å². The van der Waals surface area contributed by atoms with Crippen LogP contribution in [0.1, 0.15) is 29.8 Å². The van der Waals surface area contributed by atoms with Crippen molar-refractivity contribution in [2.24, 2.45) is 11.8 Å². The molecule has 0 aliphatic carbocycles. The molecule has 0 saturated heterocycles. The van der Waals surface area contributed by atoms with Crippen molar-refractivity contribution in [2.75, 3.05) is 0 Å². The zero-order chi connectivity index (χ0) is 14.5. The molecule has 0 aliphatic heterocycles. The summed E-state index contributed by atoms with van der Waals surface area (Å²) in [7, 11) is 0. The average molecular weight is 268 g/mol. The number of nitrogens with two attached hydrogens (primary N) is 1. The lowest BCUT2D eigenvalue weighted by Gasteiger charge is -2.12. The molecule has 0 unspecified atom stereocenters. The lowest BCUT2D eigenvalue weighted by Crippen LogP contribution is -2.30. The number of nitrogens with one attached hydrogen (secondary N) is 1. The van der Waals surface area contributed by atoms with Crippen LogP contribution in [0, 0.1) is 5.92 Å². The molecule has 20 heavy (non-hydrogen) atoms. The van der Waals surface area contributed by atoms with E-state index in [9.17, 15) is 4.79 Å². The molecule has 3 heteroatoms. The summed E-state index contributed by atoms with van der Waals surface area (Å²) in [5.41, 5.74) is 5.93. The lowest BCUT2D eigenvalue weighted by molar-refractivity contribution is 0.0954. The molecule has 104 valence electrons. The minimum Gasteiger partial charge on any atom is -0.290 e. The van der Waals surface area contributed by atoms with E-state index in [2.05, 4.69) is 25.3 Å². The first-order valence-electron chi connectivity index (χ1n) is 6.81. The van der Waals surface area contributed by atoms with Gasteiger partial charge < -0.3 is 0 Å². The third-order valence-corrected chi connectivity index (χ3v) is 3.19. The van der Waals surface area contributed by atoms with E-state index in [1.807, 2.05) is 42.5 Å².